The normalized spacial score (nSPS) is 11.0. The lowest BCUT2D eigenvalue weighted by molar-refractivity contribution is 0.0954. The zero-order valence-electron chi connectivity index (χ0n) is 12.1. The highest BCUT2D eigenvalue weighted by Crippen LogP contribution is 2.22. The number of hydrogen-bond donors (Lipinski definition) is 2. The quantitative estimate of drug-likeness (QED) is 0.777. The number of nitrogens with one attached hydrogen (secondary N) is 2. The largest absolute Gasteiger partial charge is 0.358 e. The summed E-state index contributed by atoms with van der Waals surface area (Å²) >= 11 is 1.57. The van der Waals surface area contributed by atoms with Crippen LogP contribution in [-0.4, -0.2) is 22.4 Å². The van der Waals surface area contributed by atoms with Crippen LogP contribution in [0.3, 0.4) is 0 Å². The van der Waals surface area contributed by atoms with Gasteiger partial charge in [0.2, 0.25) is 0 Å². The molecular weight excluding hydrogens is 282 g/mol. The van der Waals surface area contributed by atoms with Crippen molar-refractivity contribution in [2.24, 2.45) is 0 Å². The molecule has 0 radical (unpaired) electrons. The van der Waals surface area contributed by atoms with Gasteiger partial charge in [0, 0.05) is 40.5 Å². The Balaban J connectivity index is 1.70. The predicted octanol–water partition coefficient (Wildman–Crippen LogP) is 3.21. The van der Waals surface area contributed by atoms with E-state index in [1.54, 1.807) is 11.3 Å². The molecule has 4 nitrogen and oxygen atoms in total. The van der Waals surface area contributed by atoms with Gasteiger partial charge in [-0.25, -0.2) is 4.98 Å². The molecular formula is C16H17N3OS. The average molecular weight is 299 g/mol. The molecule has 0 aliphatic rings. The summed E-state index contributed by atoms with van der Waals surface area (Å²) in [6, 6.07) is 5.77. The predicted molar refractivity (Wildman–Crippen MR) is 85.9 cm³/mol. The van der Waals surface area contributed by atoms with Gasteiger partial charge in [-0.2, -0.15) is 0 Å². The highest BCUT2D eigenvalue weighted by Gasteiger charge is 2.09. The summed E-state index contributed by atoms with van der Waals surface area (Å²) in [5.41, 5.74) is 6.94. The fraction of sp³-hybridized carbons (Fsp3) is 0.250. The molecule has 0 aliphatic carbocycles. The van der Waals surface area contributed by atoms with Gasteiger partial charge < -0.3 is 10.3 Å². The van der Waals surface area contributed by atoms with E-state index < -0.39 is 0 Å². The molecule has 108 valence electrons. The van der Waals surface area contributed by atoms with Crippen molar-refractivity contribution in [1.82, 2.24) is 15.3 Å². The molecule has 1 amide bonds. The summed E-state index contributed by atoms with van der Waals surface area (Å²) in [6.07, 6.45) is 0.764. The molecule has 0 unspecified atom stereocenters. The topological polar surface area (TPSA) is 57.8 Å². The van der Waals surface area contributed by atoms with Crippen LogP contribution < -0.4 is 5.32 Å². The summed E-state index contributed by atoms with van der Waals surface area (Å²) < 4.78 is 0. The van der Waals surface area contributed by atoms with Gasteiger partial charge in [0.15, 0.2) is 0 Å². The molecule has 3 aromatic rings. The first-order valence-electron chi connectivity index (χ1n) is 6.89. The van der Waals surface area contributed by atoms with Gasteiger partial charge in [-0.3, -0.25) is 4.79 Å². The summed E-state index contributed by atoms with van der Waals surface area (Å²) in [5.74, 6) is -0.0367. The van der Waals surface area contributed by atoms with Gasteiger partial charge in [-0.15, -0.1) is 11.3 Å². The first-order chi connectivity index (χ1) is 10.1. The fourth-order valence-corrected chi connectivity index (χ4v) is 2.96. The summed E-state index contributed by atoms with van der Waals surface area (Å²) in [5, 5.41) is 6.06. The van der Waals surface area contributed by atoms with E-state index in [9.17, 15) is 4.79 Å². The van der Waals surface area contributed by atoms with Crippen molar-refractivity contribution >= 4 is 28.1 Å². The SMILES string of the molecule is Cc1[nH]c2ccc(C(=O)NCCc3cscn3)cc2c1C. The number of fused-ring (bicyclic) bond motifs is 1. The van der Waals surface area contributed by atoms with Crippen molar-refractivity contribution in [3.63, 3.8) is 0 Å². The molecule has 0 aliphatic heterocycles. The number of H-pyrrole nitrogens is 1. The van der Waals surface area contributed by atoms with Gasteiger partial charge in [0.25, 0.3) is 5.91 Å². The Bertz CT molecular complexity index is 774. The second-order valence-corrected chi connectivity index (χ2v) is 5.84. The summed E-state index contributed by atoms with van der Waals surface area (Å²) in [6.45, 7) is 4.72. The Morgan fingerprint density at radius 3 is 3.00 bits per heavy atom. The number of carbonyl (C=O) groups is 1. The molecule has 21 heavy (non-hydrogen) atoms. The Morgan fingerprint density at radius 2 is 2.24 bits per heavy atom. The second-order valence-electron chi connectivity index (χ2n) is 5.12. The maximum absolute atomic E-state index is 12.2. The number of aryl methyl sites for hydroxylation is 2. The van der Waals surface area contributed by atoms with Gasteiger partial charge in [-0.1, -0.05) is 0 Å². The van der Waals surface area contributed by atoms with E-state index in [2.05, 4.69) is 22.2 Å². The molecule has 3 rings (SSSR count). The lowest BCUT2D eigenvalue weighted by Gasteiger charge is -2.04. The number of aromatic amines is 1. The molecule has 0 saturated carbocycles. The van der Waals surface area contributed by atoms with Crippen molar-refractivity contribution < 1.29 is 4.79 Å². The molecule has 0 saturated heterocycles. The number of nitrogens with zero attached hydrogens (tertiary/aromatic N) is 1. The summed E-state index contributed by atoms with van der Waals surface area (Å²) in [7, 11) is 0. The Kier molecular flexibility index (Phi) is 3.75. The number of rotatable bonds is 4. The molecule has 0 fully saturated rings. The fourth-order valence-electron chi connectivity index (χ4n) is 2.37. The maximum Gasteiger partial charge on any atom is 0.251 e. The lowest BCUT2D eigenvalue weighted by Crippen LogP contribution is -2.25. The maximum atomic E-state index is 12.2. The molecule has 2 N–H and O–H groups in total. The highest BCUT2D eigenvalue weighted by atomic mass is 32.1. The Hall–Kier alpha value is -2.14. The molecule has 0 bridgehead atoms. The standard InChI is InChI=1S/C16H17N3OS/c1-10-11(2)19-15-4-3-12(7-14(10)15)16(20)17-6-5-13-8-21-9-18-13/h3-4,7-9,19H,5-6H2,1-2H3,(H,17,20). The summed E-state index contributed by atoms with van der Waals surface area (Å²) in [4.78, 5) is 19.7. The number of aromatic nitrogens is 2. The smallest absolute Gasteiger partial charge is 0.251 e. The van der Waals surface area contributed by atoms with Crippen LogP contribution in [0, 0.1) is 13.8 Å². The van der Waals surface area contributed by atoms with Crippen LogP contribution in [0.4, 0.5) is 0 Å². The third-order valence-electron chi connectivity index (χ3n) is 3.72. The number of hydrogen-bond acceptors (Lipinski definition) is 3. The molecule has 0 atom stereocenters. The van der Waals surface area contributed by atoms with Gasteiger partial charge in [-0.05, 0) is 37.6 Å². The van der Waals surface area contributed by atoms with Crippen LogP contribution >= 0.6 is 11.3 Å². The van der Waals surface area contributed by atoms with Crippen molar-refractivity contribution in [2.75, 3.05) is 6.54 Å². The van der Waals surface area contributed by atoms with E-state index in [4.69, 9.17) is 0 Å². The number of thiazole rings is 1. The van der Waals surface area contributed by atoms with E-state index >= 15 is 0 Å². The minimum atomic E-state index is -0.0367. The third-order valence-corrected chi connectivity index (χ3v) is 4.36. The van der Waals surface area contributed by atoms with E-state index in [0.29, 0.717) is 12.1 Å². The Morgan fingerprint density at radius 1 is 1.38 bits per heavy atom. The van der Waals surface area contributed by atoms with Crippen LogP contribution in [0.25, 0.3) is 10.9 Å². The van der Waals surface area contributed by atoms with Crippen molar-refractivity contribution in [1.29, 1.82) is 0 Å². The Labute approximate surface area is 127 Å². The second kappa shape index (κ2) is 5.69. The van der Waals surface area contributed by atoms with E-state index in [0.717, 1.165) is 28.7 Å². The van der Waals surface area contributed by atoms with Gasteiger partial charge in [0.05, 0.1) is 11.2 Å². The minimum Gasteiger partial charge on any atom is -0.358 e. The van der Waals surface area contributed by atoms with Crippen LogP contribution in [0.15, 0.2) is 29.1 Å². The molecule has 2 heterocycles. The first-order valence-corrected chi connectivity index (χ1v) is 7.83. The van der Waals surface area contributed by atoms with Gasteiger partial charge >= 0.3 is 0 Å². The van der Waals surface area contributed by atoms with Crippen LogP contribution in [-0.2, 0) is 6.42 Å². The zero-order valence-corrected chi connectivity index (χ0v) is 12.9. The number of carbonyl (C=O) groups excluding carboxylic acids is 1. The monoisotopic (exact) mass is 299 g/mol. The number of amides is 1. The van der Waals surface area contributed by atoms with E-state index in [-0.39, 0.29) is 5.91 Å². The van der Waals surface area contributed by atoms with Crippen LogP contribution in [0.5, 0.6) is 0 Å². The van der Waals surface area contributed by atoms with Crippen molar-refractivity contribution in [2.45, 2.75) is 20.3 Å². The highest BCUT2D eigenvalue weighted by molar-refractivity contribution is 7.07. The van der Waals surface area contributed by atoms with Crippen molar-refractivity contribution in [3.05, 3.63) is 51.6 Å². The lowest BCUT2D eigenvalue weighted by atomic mass is 10.1. The van der Waals surface area contributed by atoms with E-state index in [1.165, 1.54) is 5.56 Å². The first kappa shape index (κ1) is 13.8. The van der Waals surface area contributed by atoms with Crippen LogP contribution in [0.2, 0.25) is 0 Å². The zero-order chi connectivity index (χ0) is 14.8. The molecule has 1 aromatic carbocycles. The van der Waals surface area contributed by atoms with Crippen molar-refractivity contribution in [3.8, 4) is 0 Å². The molecule has 2 aromatic heterocycles. The minimum absolute atomic E-state index is 0.0367. The third kappa shape index (κ3) is 2.83. The number of benzene rings is 1. The molecule has 5 heteroatoms. The molecule has 0 spiro atoms. The van der Waals surface area contributed by atoms with Gasteiger partial charge in [0.1, 0.15) is 0 Å². The van der Waals surface area contributed by atoms with Crippen LogP contribution in [0.1, 0.15) is 27.3 Å². The average Bonchev–Trinajstić information content (AvgIpc) is 3.08. The van der Waals surface area contributed by atoms with E-state index in [1.807, 2.05) is 36.0 Å².